The van der Waals surface area contributed by atoms with Gasteiger partial charge in [0.1, 0.15) is 11.3 Å². The van der Waals surface area contributed by atoms with E-state index in [1.165, 1.54) is 0 Å². The van der Waals surface area contributed by atoms with Gasteiger partial charge < -0.3 is 10.3 Å². The summed E-state index contributed by atoms with van der Waals surface area (Å²) in [6, 6.07) is 0.0809. The number of imidazole rings is 1. The highest BCUT2D eigenvalue weighted by Gasteiger charge is 2.21. The third-order valence-corrected chi connectivity index (χ3v) is 3.50. The van der Waals surface area contributed by atoms with E-state index < -0.39 is 11.2 Å². The van der Waals surface area contributed by atoms with Gasteiger partial charge in [-0.3, -0.25) is 19.7 Å². The van der Waals surface area contributed by atoms with Crippen molar-refractivity contribution in [3.05, 3.63) is 26.7 Å². The minimum atomic E-state index is -0.537. The number of rotatable bonds is 2. The van der Waals surface area contributed by atoms with E-state index in [4.69, 9.17) is 0 Å². The lowest BCUT2D eigenvalue weighted by molar-refractivity contribution is 0.180. The molecule has 8 nitrogen and oxygen atoms in total. The normalized spacial score (nSPS) is 18.8. The molecule has 1 fully saturated rings. The van der Waals surface area contributed by atoms with Gasteiger partial charge in [0.2, 0.25) is 0 Å². The maximum Gasteiger partial charge on any atom is 0.327 e. The molecular formula is C11H16N6O2. The van der Waals surface area contributed by atoms with E-state index in [1.54, 1.807) is 0 Å². The highest BCUT2D eigenvalue weighted by atomic mass is 16.2. The predicted octanol–water partition coefficient (Wildman–Crippen LogP) is -1.09. The molecular weight excluding hydrogens is 248 g/mol. The molecule has 3 heterocycles. The third-order valence-electron chi connectivity index (χ3n) is 3.50. The first-order valence-electron chi connectivity index (χ1n) is 6.32. The average molecular weight is 264 g/mol. The van der Waals surface area contributed by atoms with Crippen LogP contribution in [0.4, 0.5) is 0 Å². The Morgan fingerprint density at radius 3 is 2.63 bits per heavy atom. The molecule has 2 aromatic rings. The first-order valence-corrected chi connectivity index (χ1v) is 6.32. The molecule has 1 aliphatic heterocycles. The Kier molecular flexibility index (Phi) is 2.96. The number of hydrogen-bond donors (Lipinski definition) is 4. The van der Waals surface area contributed by atoms with Gasteiger partial charge in [-0.1, -0.05) is 0 Å². The van der Waals surface area contributed by atoms with Crippen LogP contribution in [0.5, 0.6) is 0 Å². The SMILES string of the molecule is CC(c1nc2[nH]c(=O)[nH]c(=O)c2[nH]1)N1CCNCC1. The molecule has 1 unspecified atom stereocenters. The van der Waals surface area contributed by atoms with Crippen molar-refractivity contribution in [3.63, 3.8) is 0 Å². The molecule has 0 amide bonds. The Morgan fingerprint density at radius 2 is 1.89 bits per heavy atom. The zero-order valence-electron chi connectivity index (χ0n) is 10.6. The van der Waals surface area contributed by atoms with Crippen LogP contribution < -0.4 is 16.6 Å². The zero-order chi connectivity index (χ0) is 13.4. The summed E-state index contributed by atoms with van der Waals surface area (Å²) >= 11 is 0. The summed E-state index contributed by atoms with van der Waals surface area (Å²) in [5, 5.41) is 3.29. The maximum atomic E-state index is 11.6. The molecule has 1 atom stereocenters. The van der Waals surface area contributed by atoms with E-state index >= 15 is 0 Å². The van der Waals surface area contributed by atoms with Crippen molar-refractivity contribution in [2.24, 2.45) is 0 Å². The lowest BCUT2D eigenvalue weighted by atomic mass is 10.2. The molecule has 0 bridgehead atoms. The minimum absolute atomic E-state index is 0.0809. The van der Waals surface area contributed by atoms with Crippen molar-refractivity contribution in [2.45, 2.75) is 13.0 Å². The molecule has 0 saturated carbocycles. The number of hydrogen-bond acceptors (Lipinski definition) is 5. The first-order chi connectivity index (χ1) is 9.15. The van der Waals surface area contributed by atoms with E-state index in [0.717, 1.165) is 26.2 Å². The second kappa shape index (κ2) is 4.63. The lowest BCUT2D eigenvalue weighted by Crippen LogP contribution is -2.44. The quantitative estimate of drug-likeness (QED) is 0.551. The van der Waals surface area contributed by atoms with Crippen LogP contribution in [0.25, 0.3) is 11.2 Å². The summed E-state index contributed by atoms with van der Waals surface area (Å²) in [5.74, 6) is 0.698. The van der Waals surface area contributed by atoms with Gasteiger partial charge in [0.05, 0.1) is 6.04 Å². The predicted molar refractivity (Wildman–Crippen MR) is 70.2 cm³/mol. The Balaban J connectivity index is 1.98. The van der Waals surface area contributed by atoms with Crippen LogP contribution in [0.1, 0.15) is 18.8 Å². The van der Waals surface area contributed by atoms with Crippen LogP contribution in [0.15, 0.2) is 9.59 Å². The van der Waals surface area contributed by atoms with Crippen LogP contribution in [-0.2, 0) is 0 Å². The molecule has 0 aliphatic carbocycles. The highest BCUT2D eigenvalue weighted by molar-refractivity contribution is 5.68. The average Bonchev–Trinajstić information content (AvgIpc) is 2.83. The summed E-state index contributed by atoms with van der Waals surface area (Å²) in [6.07, 6.45) is 0. The number of H-pyrrole nitrogens is 3. The van der Waals surface area contributed by atoms with E-state index in [9.17, 15) is 9.59 Å². The van der Waals surface area contributed by atoms with E-state index in [0.29, 0.717) is 17.0 Å². The van der Waals surface area contributed by atoms with Gasteiger partial charge in [0, 0.05) is 26.2 Å². The Morgan fingerprint density at radius 1 is 1.16 bits per heavy atom. The topological polar surface area (TPSA) is 110 Å². The van der Waals surface area contributed by atoms with Gasteiger partial charge in [-0.15, -0.1) is 0 Å². The van der Waals surface area contributed by atoms with E-state index in [2.05, 4.69) is 30.2 Å². The Bertz CT molecular complexity index is 693. The number of aromatic amines is 3. The highest BCUT2D eigenvalue weighted by Crippen LogP contribution is 2.18. The molecule has 0 aromatic carbocycles. The van der Waals surface area contributed by atoms with E-state index in [1.807, 2.05) is 6.92 Å². The number of nitrogens with one attached hydrogen (secondary N) is 4. The molecule has 1 aliphatic rings. The first kappa shape index (κ1) is 12.1. The number of aromatic nitrogens is 4. The van der Waals surface area contributed by atoms with Gasteiger partial charge in [0.15, 0.2) is 5.65 Å². The standard InChI is InChI=1S/C11H16N6O2/c1-6(17-4-2-12-3-5-17)8-13-7-9(14-8)15-11(19)16-10(7)18/h6,12H,2-5H2,1H3,(H3,13,14,15,16,18,19). The van der Waals surface area contributed by atoms with Gasteiger partial charge in [-0.05, 0) is 6.92 Å². The van der Waals surface area contributed by atoms with Crippen LogP contribution >= 0.6 is 0 Å². The molecule has 2 aromatic heterocycles. The molecule has 4 N–H and O–H groups in total. The van der Waals surface area contributed by atoms with Gasteiger partial charge >= 0.3 is 5.69 Å². The summed E-state index contributed by atoms with van der Waals surface area (Å²) in [5.41, 5.74) is -0.349. The molecule has 0 spiro atoms. The molecule has 1 saturated heterocycles. The Hall–Kier alpha value is -1.93. The number of piperazine rings is 1. The second-order valence-electron chi connectivity index (χ2n) is 4.72. The minimum Gasteiger partial charge on any atom is -0.335 e. The fraction of sp³-hybridized carbons (Fsp3) is 0.545. The molecule has 3 rings (SSSR count). The summed E-state index contributed by atoms with van der Waals surface area (Å²) in [6.45, 7) is 5.80. The van der Waals surface area contributed by atoms with Crippen molar-refractivity contribution < 1.29 is 0 Å². The molecule has 0 radical (unpaired) electrons. The summed E-state index contributed by atoms with van der Waals surface area (Å²) in [7, 11) is 0. The van der Waals surface area contributed by atoms with Gasteiger partial charge in [-0.25, -0.2) is 9.78 Å². The zero-order valence-corrected chi connectivity index (χ0v) is 10.6. The van der Waals surface area contributed by atoms with Crippen molar-refractivity contribution in [1.82, 2.24) is 30.2 Å². The van der Waals surface area contributed by atoms with Crippen LogP contribution in [-0.4, -0.2) is 51.0 Å². The third kappa shape index (κ3) is 2.20. The fourth-order valence-electron chi connectivity index (χ4n) is 2.39. The number of nitrogens with zero attached hydrogens (tertiary/aromatic N) is 2. The molecule has 8 heteroatoms. The number of fused-ring (bicyclic) bond motifs is 1. The maximum absolute atomic E-state index is 11.6. The van der Waals surface area contributed by atoms with Gasteiger partial charge in [0.25, 0.3) is 5.56 Å². The van der Waals surface area contributed by atoms with Crippen molar-refractivity contribution in [2.75, 3.05) is 26.2 Å². The largest absolute Gasteiger partial charge is 0.335 e. The summed E-state index contributed by atoms with van der Waals surface area (Å²) in [4.78, 5) is 37.1. The van der Waals surface area contributed by atoms with Crippen LogP contribution in [0.3, 0.4) is 0 Å². The Labute approximate surface area is 108 Å². The smallest absolute Gasteiger partial charge is 0.327 e. The second-order valence-corrected chi connectivity index (χ2v) is 4.72. The molecule has 102 valence electrons. The summed E-state index contributed by atoms with van der Waals surface area (Å²) < 4.78 is 0. The van der Waals surface area contributed by atoms with Crippen molar-refractivity contribution in [1.29, 1.82) is 0 Å². The molecule has 19 heavy (non-hydrogen) atoms. The van der Waals surface area contributed by atoms with Crippen LogP contribution in [0, 0.1) is 0 Å². The van der Waals surface area contributed by atoms with Crippen molar-refractivity contribution >= 4 is 11.2 Å². The fourth-order valence-corrected chi connectivity index (χ4v) is 2.39. The monoisotopic (exact) mass is 264 g/mol. The van der Waals surface area contributed by atoms with Gasteiger partial charge in [-0.2, -0.15) is 0 Å². The van der Waals surface area contributed by atoms with E-state index in [-0.39, 0.29) is 6.04 Å². The van der Waals surface area contributed by atoms with Crippen LogP contribution in [0.2, 0.25) is 0 Å². The van der Waals surface area contributed by atoms with Crippen molar-refractivity contribution in [3.8, 4) is 0 Å². The lowest BCUT2D eigenvalue weighted by Gasteiger charge is -2.31.